The van der Waals surface area contributed by atoms with Gasteiger partial charge in [-0.25, -0.2) is 0 Å². The minimum absolute atomic E-state index is 0.120. The number of aliphatic imine (C=N–C) groups is 1. The molecule has 2 aromatic carbocycles. The molecule has 0 aromatic heterocycles. The van der Waals surface area contributed by atoms with E-state index in [1.54, 1.807) is 38.6 Å². The summed E-state index contributed by atoms with van der Waals surface area (Å²) < 4.78 is 15.6. The van der Waals surface area contributed by atoms with E-state index in [-0.39, 0.29) is 5.75 Å². The summed E-state index contributed by atoms with van der Waals surface area (Å²) in [5.41, 5.74) is 2.01. The van der Waals surface area contributed by atoms with Crippen LogP contribution in [0.25, 0.3) is 0 Å². The first-order chi connectivity index (χ1) is 13.2. The van der Waals surface area contributed by atoms with E-state index in [0.717, 1.165) is 29.0 Å². The number of ether oxygens (including phenoxy) is 3. The minimum Gasteiger partial charge on any atom is -0.504 e. The fraction of sp³-hybridized carbons (Fsp3) is 0.409. The first-order valence-electron chi connectivity index (χ1n) is 9.25. The molecule has 5 heteroatoms. The van der Waals surface area contributed by atoms with Crippen molar-refractivity contribution < 1.29 is 19.3 Å². The zero-order valence-electron chi connectivity index (χ0n) is 17.6. The fourth-order valence-corrected chi connectivity index (χ4v) is 2.17. The maximum absolute atomic E-state index is 9.56. The Bertz CT molecular complexity index is 684. The SMILES string of the molecule is CC.CC.COc1cc(C=NCCc2ccc(OC)c(OC)c2)ccc1O. The average Bonchev–Trinajstić information content (AvgIpc) is 2.74. The molecule has 0 aliphatic rings. The second-order valence-electron chi connectivity index (χ2n) is 4.91. The lowest BCUT2D eigenvalue weighted by molar-refractivity contribution is 0.354. The van der Waals surface area contributed by atoms with Gasteiger partial charge in [-0.05, 0) is 47.9 Å². The monoisotopic (exact) mass is 375 g/mol. The molecule has 0 unspecified atom stereocenters. The van der Waals surface area contributed by atoms with Gasteiger partial charge in [0, 0.05) is 12.8 Å². The second kappa shape index (κ2) is 14.5. The van der Waals surface area contributed by atoms with Crippen LogP contribution in [0.1, 0.15) is 38.8 Å². The van der Waals surface area contributed by atoms with E-state index in [1.165, 1.54) is 7.11 Å². The summed E-state index contributed by atoms with van der Waals surface area (Å²) in [4.78, 5) is 4.41. The van der Waals surface area contributed by atoms with Gasteiger partial charge >= 0.3 is 0 Å². The largest absolute Gasteiger partial charge is 0.504 e. The van der Waals surface area contributed by atoms with E-state index in [2.05, 4.69) is 4.99 Å². The third-order valence-corrected chi connectivity index (χ3v) is 3.42. The maximum atomic E-state index is 9.56. The Hall–Kier alpha value is -2.69. The van der Waals surface area contributed by atoms with Crippen molar-refractivity contribution in [1.29, 1.82) is 0 Å². The highest BCUT2D eigenvalue weighted by Crippen LogP contribution is 2.28. The number of nitrogens with zero attached hydrogens (tertiary/aromatic N) is 1. The van der Waals surface area contributed by atoms with E-state index in [0.29, 0.717) is 12.3 Å². The van der Waals surface area contributed by atoms with Crippen LogP contribution in [0.5, 0.6) is 23.0 Å². The quantitative estimate of drug-likeness (QED) is 0.681. The molecular weight excluding hydrogens is 342 g/mol. The van der Waals surface area contributed by atoms with Crippen molar-refractivity contribution in [1.82, 2.24) is 0 Å². The normalized spacial score (nSPS) is 9.59. The molecule has 0 fully saturated rings. The van der Waals surface area contributed by atoms with E-state index in [1.807, 2.05) is 45.9 Å². The molecule has 0 aliphatic heterocycles. The molecule has 0 saturated carbocycles. The van der Waals surface area contributed by atoms with E-state index in [4.69, 9.17) is 14.2 Å². The Morgan fingerprint density at radius 2 is 1.44 bits per heavy atom. The summed E-state index contributed by atoms with van der Waals surface area (Å²) in [6.45, 7) is 8.65. The van der Waals surface area contributed by atoms with E-state index in [9.17, 15) is 5.11 Å². The van der Waals surface area contributed by atoms with Crippen LogP contribution in [0.2, 0.25) is 0 Å². The van der Waals surface area contributed by atoms with Crippen LogP contribution in [-0.4, -0.2) is 39.2 Å². The number of phenolic OH excluding ortho intramolecular Hbond substituents is 1. The van der Waals surface area contributed by atoms with Gasteiger partial charge < -0.3 is 19.3 Å². The number of benzene rings is 2. The first-order valence-corrected chi connectivity index (χ1v) is 9.25. The Labute approximate surface area is 163 Å². The van der Waals surface area contributed by atoms with Crippen LogP contribution < -0.4 is 14.2 Å². The number of hydrogen-bond acceptors (Lipinski definition) is 5. The third-order valence-electron chi connectivity index (χ3n) is 3.42. The highest BCUT2D eigenvalue weighted by atomic mass is 16.5. The number of aromatic hydroxyl groups is 1. The molecule has 150 valence electrons. The lowest BCUT2D eigenvalue weighted by Crippen LogP contribution is -1.95. The average molecular weight is 376 g/mol. The Balaban J connectivity index is 0.00000158. The Morgan fingerprint density at radius 3 is 2.04 bits per heavy atom. The molecule has 27 heavy (non-hydrogen) atoms. The number of phenols is 1. The van der Waals surface area contributed by atoms with Crippen LogP contribution in [0.3, 0.4) is 0 Å². The zero-order chi connectivity index (χ0) is 20.7. The van der Waals surface area contributed by atoms with E-state index >= 15 is 0 Å². The topological polar surface area (TPSA) is 60.3 Å². The van der Waals surface area contributed by atoms with Crippen molar-refractivity contribution in [2.75, 3.05) is 27.9 Å². The number of rotatable bonds is 7. The van der Waals surface area contributed by atoms with Gasteiger partial charge in [-0.1, -0.05) is 33.8 Å². The third kappa shape index (κ3) is 8.03. The van der Waals surface area contributed by atoms with Crippen LogP contribution in [0, 0.1) is 0 Å². The summed E-state index contributed by atoms with van der Waals surface area (Å²) in [5, 5.41) is 9.56. The molecule has 2 rings (SSSR count). The lowest BCUT2D eigenvalue weighted by atomic mass is 10.1. The number of methoxy groups -OCH3 is 3. The van der Waals surface area contributed by atoms with Crippen molar-refractivity contribution in [3.05, 3.63) is 47.5 Å². The van der Waals surface area contributed by atoms with Gasteiger partial charge in [-0.2, -0.15) is 0 Å². The van der Waals surface area contributed by atoms with Crippen LogP contribution in [0.4, 0.5) is 0 Å². The standard InChI is InChI=1S/C18H21NO4.2C2H6/c1-21-16-7-5-13(10-18(16)23-3)8-9-19-12-14-4-6-15(20)17(11-14)22-2;2*1-2/h4-7,10-12,20H,8-9H2,1-3H3;2*1-2H3. The summed E-state index contributed by atoms with van der Waals surface area (Å²) in [5.74, 6) is 2.00. The first kappa shape index (κ1) is 24.3. The molecule has 0 saturated heterocycles. The molecule has 0 bridgehead atoms. The van der Waals surface area contributed by atoms with Crippen molar-refractivity contribution in [2.45, 2.75) is 34.1 Å². The Morgan fingerprint density at radius 1 is 0.815 bits per heavy atom. The van der Waals surface area contributed by atoms with Crippen molar-refractivity contribution in [3.63, 3.8) is 0 Å². The van der Waals surface area contributed by atoms with Crippen LogP contribution >= 0.6 is 0 Å². The summed E-state index contributed by atoms with van der Waals surface area (Å²) in [6.07, 6.45) is 2.56. The molecular formula is C22H33NO4. The predicted octanol–water partition coefficient (Wildman–Crippen LogP) is 5.13. The molecule has 0 aliphatic carbocycles. The molecule has 0 atom stereocenters. The predicted molar refractivity (Wildman–Crippen MR) is 113 cm³/mol. The summed E-state index contributed by atoms with van der Waals surface area (Å²) in [6, 6.07) is 11.0. The molecule has 2 aromatic rings. The van der Waals surface area contributed by atoms with Gasteiger partial charge in [0.05, 0.1) is 21.3 Å². The maximum Gasteiger partial charge on any atom is 0.161 e. The number of hydrogen-bond donors (Lipinski definition) is 1. The van der Waals surface area contributed by atoms with Gasteiger partial charge in [0.1, 0.15) is 0 Å². The highest BCUT2D eigenvalue weighted by molar-refractivity contribution is 5.80. The van der Waals surface area contributed by atoms with Crippen LogP contribution in [0.15, 0.2) is 41.4 Å². The van der Waals surface area contributed by atoms with Gasteiger partial charge in [0.2, 0.25) is 0 Å². The van der Waals surface area contributed by atoms with Crippen LogP contribution in [-0.2, 0) is 6.42 Å². The molecule has 0 spiro atoms. The van der Waals surface area contributed by atoms with Crippen molar-refractivity contribution >= 4 is 6.21 Å². The molecule has 0 radical (unpaired) electrons. The summed E-state index contributed by atoms with van der Waals surface area (Å²) >= 11 is 0. The fourth-order valence-electron chi connectivity index (χ4n) is 2.17. The van der Waals surface area contributed by atoms with Crippen molar-refractivity contribution in [2.24, 2.45) is 4.99 Å². The molecule has 1 N–H and O–H groups in total. The van der Waals surface area contributed by atoms with Gasteiger partial charge in [-0.3, -0.25) is 4.99 Å². The second-order valence-corrected chi connectivity index (χ2v) is 4.91. The zero-order valence-corrected chi connectivity index (χ0v) is 17.6. The minimum atomic E-state index is 0.120. The Kier molecular flexibility index (Phi) is 13.0. The molecule has 0 amide bonds. The lowest BCUT2D eigenvalue weighted by Gasteiger charge is -2.08. The smallest absolute Gasteiger partial charge is 0.161 e. The van der Waals surface area contributed by atoms with Gasteiger partial charge in [0.15, 0.2) is 23.0 Å². The van der Waals surface area contributed by atoms with E-state index < -0.39 is 0 Å². The van der Waals surface area contributed by atoms with Gasteiger partial charge in [-0.15, -0.1) is 0 Å². The van der Waals surface area contributed by atoms with Gasteiger partial charge in [0.25, 0.3) is 0 Å². The molecule has 0 heterocycles. The highest BCUT2D eigenvalue weighted by Gasteiger charge is 2.04. The summed E-state index contributed by atoms with van der Waals surface area (Å²) in [7, 11) is 4.76. The van der Waals surface area contributed by atoms with Crippen molar-refractivity contribution in [3.8, 4) is 23.0 Å². The molecule has 5 nitrogen and oxygen atoms in total.